The van der Waals surface area contributed by atoms with Crippen LogP contribution < -0.4 is 10.6 Å². The molecule has 0 aromatic carbocycles. The summed E-state index contributed by atoms with van der Waals surface area (Å²) >= 11 is 0. The Kier molecular flexibility index (Phi) is 11.9. The van der Waals surface area contributed by atoms with Crippen LogP contribution in [-0.2, 0) is 9.53 Å². The number of rotatable bonds is 12. The molecule has 0 heterocycles. The highest BCUT2D eigenvalue weighted by Crippen LogP contribution is 2.14. The number of carbonyl (C=O) groups is 2. The number of carboxylic acids is 1. The van der Waals surface area contributed by atoms with Crippen molar-refractivity contribution in [1.29, 1.82) is 0 Å². The van der Waals surface area contributed by atoms with E-state index in [1.807, 2.05) is 6.92 Å². The number of nitrogens with one attached hydrogen (secondary N) is 2. The van der Waals surface area contributed by atoms with Gasteiger partial charge in [-0.15, -0.1) is 0 Å². The van der Waals surface area contributed by atoms with Crippen LogP contribution in [0, 0.1) is 5.92 Å². The Labute approximate surface area is 121 Å². The number of methoxy groups -OCH3 is 1. The van der Waals surface area contributed by atoms with Gasteiger partial charge in [0.25, 0.3) is 0 Å². The number of aliphatic carboxylic acids is 1. The second-order valence-corrected chi connectivity index (χ2v) is 4.88. The summed E-state index contributed by atoms with van der Waals surface area (Å²) in [6, 6.07) is -0.157. The minimum atomic E-state index is -0.759. The molecular formula is C14H28N2O4. The van der Waals surface area contributed by atoms with E-state index in [-0.39, 0.29) is 12.5 Å². The van der Waals surface area contributed by atoms with E-state index in [1.165, 1.54) is 0 Å². The molecule has 0 spiro atoms. The first-order chi connectivity index (χ1) is 9.60. The van der Waals surface area contributed by atoms with Crippen LogP contribution in [0.1, 0.15) is 45.4 Å². The predicted octanol–water partition coefficient (Wildman–Crippen LogP) is 1.99. The first-order valence-electron chi connectivity index (χ1n) is 7.32. The van der Waals surface area contributed by atoms with E-state index in [2.05, 4.69) is 10.6 Å². The fourth-order valence-corrected chi connectivity index (χ4v) is 1.91. The third-order valence-corrected chi connectivity index (χ3v) is 3.24. The van der Waals surface area contributed by atoms with Crippen molar-refractivity contribution in [2.45, 2.75) is 45.4 Å². The van der Waals surface area contributed by atoms with Crippen molar-refractivity contribution in [3.8, 4) is 0 Å². The van der Waals surface area contributed by atoms with Crippen molar-refractivity contribution in [3.05, 3.63) is 0 Å². The van der Waals surface area contributed by atoms with Gasteiger partial charge in [0.2, 0.25) is 0 Å². The first-order valence-corrected chi connectivity index (χ1v) is 7.32. The van der Waals surface area contributed by atoms with Crippen LogP contribution in [0.3, 0.4) is 0 Å². The maximum atomic E-state index is 11.5. The van der Waals surface area contributed by atoms with Gasteiger partial charge in [0, 0.05) is 33.2 Å². The molecule has 0 saturated heterocycles. The van der Waals surface area contributed by atoms with E-state index < -0.39 is 5.97 Å². The van der Waals surface area contributed by atoms with E-state index in [1.54, 1.807) is 7.11 Å². The SMILES string of the molecule is CCC(CCNC(=O)NCCCCOC)CCC(=O)O. The molecule has 0 radical (unpaired) electrons. The van der Waals surface area contributed by atoms with Crippen LogP contribution in [0.2, 0.25) is 0 Å². The Bertz CT molecular complexity index is 272. The molecule has 0 aromatic heterocycles. The minimum absolute atomic E-state index is 0.157. The van der Waals surface area contributed by atoms with E-state index in [4.69, 9.17) is 9.84 Å². The van der Waals surface area contributed by atoms with Gasteiger partial charge in [-0.3, -0.25) is 4.79 Å². The molecule has 6 heteroatoms. The highest BCUT2D eigenvalue weighted by Gasteiger charge is 2.09. The zero-order chi connectivity index (χ0) is 15.2. The third-order valence-electron chi connectivity index (χ3n) is 3.24. The Balaban J connectivity index is 3.55. The molecule has 1 atom stereocenters. The first kappa shape index (κ1) is 18.7. The van der Waals surface area contributed by atoms with Crippen LogP contribution >= 0.6 is 0 Å². The predicted molar refractivity (Wildman–Crippen MR) is 77.8 cm³/mol. The molecule has 0 rings (SSSR count). The van der Waals surface area contributed by atoms with Gasteiger partial charge in [-0.1, -0.05) is 13.3 Å². The highest BCUT2D eigenvalue weighted by atomic mass is 16.5. The molecule has 20 heavy (non-hydrogen) atoms. The van der Waals surface area contributed by atoms with Gasteiger partial charge in [0.05, 0.1) is 0 Å². The van der Waals surface area contributed by atoms with Gasteiger partial charge in [-0.05, 0) is 31.6 Å². The molecule has 2 amide bonds. The Hall–Kier alpha value is -1.30. The molecule has 0 bridgehead atoms. The molecule has 6 nitrogen and oxygen atoms in total. The van der Waals surface area contributed by atoms with Crippen molar-refractivity contribution in [2.75, 3.05) is 26.8 Å². The lowest BCUT2D eigenvalue weighted by atomic mass is 9.97. The average molecular weight is 288 g/mol. The van der Waals surface area contributed by atoms with Crippen molar-refractivity contribution in [2.24, 2.45) is 5.92 Å². The summed E-state index contributed by atoms with van der Waals surface area (Å²) in [5.41, 5.74) is 0. The smallest absolute Gasteiger partial charge is 0.314 e. The zero-order valence-corrected chi connectivity index (χ0v) is 12.6. The number of hydrogen-bond donors (Lipinski definition) is 3. The number of carboxylic acid groups (broad SMARTS) is 1. The van der Waals surface area contributed by atoms with Crippen LogP contribution in [-0.4, -0.2) is 43.9 Å². The molecular weight excluding hydrogens is 260 g/mol. The third kappa shape index (κ3) is 11.8. The van der Waals surface area contributed by atoms with Crippen molar-refractivity contribution in [3.63, 3.8) is 0 Å². The number of carbonyl (C=O) groups excluding carboxylic acids is 1. The van der Waals surface area contributed by atoms with E-state index in [0.717, 1.165) is 25.7 Å². The van der Waals surface area contributed by atoms with Crippen molar-refractivity contribution < 1.29 is 19.4 Å². The maximum Gasteiger partial charge on any atom is 0.314 e. The molecule has 0 aromatic rings. The summed E-state index contributed by atoms with van der Waals surface area (Å²) in [7, 11) is 1.66. The fraction of sp³-hybridized carbons (Fsp3) is 0.857. The average Bonchev–Trinajstić information content (AvgIpc) is 2.42. The fourth-order valence-electron chi connectivity index (χ4n) is 1.91. The van der Waals surface area contributed by atoms with Gasteiger partial charge in [-0.2, -0.15) is 0 Å². The largest absolute Gasteiger partial charge is 0.481 e. The van der Waals surface area contributed by atoms with Crippen LogP contribution in [0.25, 0.3) is 0 Å². The summed E-state index contributed by atoms with van der Waals surface area (Å²) in [6.07, 6.45) is 4.46. The van der Waals surface area contributed by atoms with Gasteiger partial charge in [0.15, 0.2) is 0 Å². The van der Waals surface area contributed by atoms with E-state index in [9.17, 15) is 9.59 Å². The zero-order valence-electron chi connectivity index (χ0n) is 12.6. The molecule has 118 valence electrons. The number of hydrogen-bond acceptors (Lipinski definition) is 3. The quantitative estimate of drug-likeness (QED) is 0.479. The summed E-state index contributed by atoms with van der Waals surface area (Å²) in [4.78, 5) is 22.0. The molecule has 0 aliphatic rings. The van der Waals surface area contributed by atoms with E-state index in [0.29, 0.717) is 32.0 Å². The number of ether oxygens (including phenoxy) is 1. The molecule has 0 fully saturated rings. The normalized spacial score (nSPS) is 11.9. The second kappa shape index (κ2) is 12.7. The Morgan fingerprint density at radius 1 is 1.15 bits per heavy atom. The lowest BCUT2D eigenvalue weighted by Crippen LogP contribution is -2.37. The van der Waals surface area contributed by atoms with Gasteiger partial charge in [0.1, 0.15) is 0 Å². The number of amides is 2. The summed E-state index contributed by atoms with van der Waals surface area (Å²) < 4.78 is 4.92. The monoisotopic (exact) mass is 288 g/mol. The second-order valence-electron chi connectivity index (χ2n) is 4.88. The standard InChI is InChI=1S/C14H28N2O4/c1-3-12(6-7-13(17)18)8-10-16-14(19)15-9-4-5-11-20-2/h12H,3-11H2,1-2H3,(H,17,18)(H2,15,16,19). The maximum absolute atomic E-state index is 11.5. The molecule has 1 unspecified atom stereocenters. The highest BCUT2D eigenvalue weighted by molar-refractivity contribution is 5.73. The van der Waals surface area contributed by atoms with Crippen LogP contribution in [0.15, 0.2) is 0 Å². The molecule has 0 saturated carbocycles. The molecule has 3 N–H and O–H groups in total. The molecule has 0 aliphatic heterocycles. The van der Waals surface area contributed by atoms with Gasteiger partial charge < -0.3 is 20.5 Å². The number of urea groups is 1. The van der Waals surface area contributed by atoms with Crippen LogP contribution in [0.4, 0.5) is 4.79 Å². The minimum Gasteiger partial charge on any atom is -0.481 e. The van der Waals surface area contributed by atoms with Gasteiger partial charge in [-0.25, -0.2) is 4.79 Å². The lowest BCUT2D eigenvalue weighted by molar-refractivity contribution is -0.137. The number of unbranched alkanes of at least 4 members (excludes halogenated alkanes) is 1. The summed E-state index contributed by atoms with van der Waals surface area (Å²) in [6.45, 7) is 3.99. The lowest BCUT2D eigenvalue weighted by Gasteiger charge is -2.14. The van der Waals surface area contributed by atoms with Crippen LogP contribution in [0.5, 0.6) is 0 Å². The Morgan fingerprint density at radius 2 is 1.85 bits per heavy atom. The molecule has 0 aliphatic carbocycles. The summed E-state index contributed by atoms with van der Waals surface area (Å²) in [5, 5.41) is 14.2. The van der Waals surface area contributed by atoms with E-state index >= 15 is 0 Å². The Morgan fingerprint density at radius 3 is 2.45 bits per heavy atom. The van der Waals surface area contributed by atoms with Gasteiger partial charge >= 0.3 is 12.0 Å². The summed E-state index contributed by atoms with van der Waals surface area (Å²) in [5.74, 6) is -0.404. The topological polar surface area (TPSA) is 87.7 Å². The van der Waals surface area contributed by atoms with Crippen molar-refractivity contribution in [1.82, 2.24) is 10.6 Å². The van der Waals surface area contributed by atoms with Crippen molar-refractivity contribution >= 4 is 12.0 Å².